The Morgan fingerprint density at radius 3 is 2.73 bits per heavy atom. The zero-order valence-corrected chi connectivity index (χ0v) is 9.05. The third-order valence-corrected chi connectivity index (χ3v) is 2.83. The molecule has 0 spiro atoms. The lowest BCUT2D eigenvalue weighted by molar-refractivity contribution is -0.139. The maximum atomic E-state index is 11.1. The fourth-order valence-corrected chi connectivity index (χ4v) is 1.86. The van der Waals surface area contributed by atoms with Gasteiger partial charge in [-0.25, -0.2) is 0 Å². The number of nitrogens with zero attached hydrogens (tertiary/aromatic N) is 2. The lowest BCUT2D eigenvalue weighted by Gasteiger charge is -2.13. The molecule has 0 aliphatic heterocycles. The van der Waals surface area contributed by atoms with Crippen LogP contribution in [-0.2, 0) is 4.79 Å². The van der Waals surface area contributed by atoms with Crippen molar-refractivity contribution in [2.24, 2.45) is 5.92 Å². The normalized spacial score (nSPS) is 18.1. The van der Waals surface area contributed by atoms with E-state index in [0.717, 1.165) is 5.56 Å². The van der Waals surface area contributed by atoms with E-state index in [1.165, 1.54) is 12.8 Å². The van der Waals surface area contributed by atoms with E-state index in [4.69, 9.17) is 5.11 Å². The van der Waals surface area contributed by atoms with Crippen LogP contribution in [0.3, 0.4) is 0 Å². The zero-order chi connectivity index (χ0) is 11.0. The Labute approximate surface area is 88.9 Å². The minimum absolute atomic E-state index is 0.0966. The van der Waals surface area contributed by atoms with E-state index in [9.17, 15) is 4.79 Å². The summed E-state index contributed by atoms with van der Waals surface area (Å²) in [4.78, 5) is 11.1. The van der Waals surface area contributed by atoms with Crippen molar-refractivity contribution in [1.82, 2.24) is 9.78 Å². The molecular weight excluding hydrogens is 192 g/mol. The predicted molar refractivity (Wildman–Crippen MR) is 55.7 cm³/mol. The largest absolute Gasteiger partial charge is 0.481 e. The van der Waals surface area contributed by atoms with Crippen LogP contribution in [0.25, 0.3) is 0 Å². The third kappa shape index (κ3) is 2.03. The molecule has 1 atom stereocenters. The molecule has 1 fully saturated rings. The Kier molecular flexibility index (Phi) is 2.50. The average molecular weight is 208 g/mol. The van der Waals surface area contributed by atoms with E-state index in [0.29, 0.717) is 6.04 Å². The summed E-state index contributed by atoms with van der Waals surface area (Å²) in [7, 11) is 0. The molecule has 1 heterocycles. The van der Waals surface area contributed by atoms with E-state index in [1.54, 1.807) is 6.20 Å². The topological polar surface area (TPSA) is 55.1 Å². The molecule has 1 aromatic heterocycles. The van der Waals surface area contributed by atoms with Crippen molar-refractivity contribution in [3.05, 3.63) is 18.0 Å². The van der Waals surface area contributed by atoms with Gasteiger partial charge in [0, 0.05) is 11.8 Å². The first-order valence-electron chi connectivity index (χ1n) is 5.36. The minimum atomic E-state index is -0.764. The molecule has 1 aromatic rings. The first-order chi connectivity index (χ1) is 7.09. The predicted octanol–water partition coefficient (Wildman–Crippen LogP) is 2.04. The number of carboxylic acids is 1. The Balaban J connectivity index is 2.21. The van der Waals surface area contributed by atoms with Crippen LogP contribution in [0.15, 0.2) is 12.4 Å². The van der Waals surface area contributed by atoms with Gasteiger partial charge in [0.1, 0.15) is 0 Å². The summed E-state index contributed by atoms with van der Waals surface area (Å²) in [5.74, 6) is -1.10. The SMILES string of the molecule is CC(C)C(C(=O)O)c1cnn(C2CC2)c1. The molecule has 82 valence electrons. The quantitative estimate of drug-likeness (QED) is 0.823. The number of hydrogen-bond donors (Lipinski definition) is 1. The monoisotopic (exact) mass is 208 g/mol. The van der Waals surface area contributed by atoms with Crippen LogP contribution in [0.1, 0.15) is 44.2 Å². The van der Waals surface area contributed by atoms with Crippen molar-refractivity contribution < 1.29 is 9.90 Å². The lowest BCUT2D eigenvalue weighted by atomic mass is 9.91. The van der Waals surface area contributed by atoms with Gasteiger partial charge in [-0.05, 0) is 18.8 Å². The van der Waals surface area contributed by atoms with E-state index >= 15 is 0 Å². The summed E-state index contributed by atoms with van der Waals surface area (Å²) < 4.78 is 1.90. The van der Waals surface area contributed by atoms with Crippen LogP contribution in [0.4, 0.5) is 0 Å². The summed E-state index contributed by atoms with van der Waals surface area (Å²) in [6.45, 7) is 3.85. The average Bonchev–Trinajstić information content (AvgIpc) is 2.87. The molecule has 0 saturated heterocycles. The molecule has 15 heavy (non-hydrogen) atoms. The van der Waals surface area contributed by atoms with Gasteiger partial charge in [-0.1, -0.05) is 13.8 Å². The summed E-state index contributed by atoms with van der Waals surface area (Å²) in [5, 5.41) is 13.3. The van der Waals surface area contributed by atoms with Gasteiger partial charge in [0.15, 0.2) is 0 Å². The van der Waals surface area contributed by atoms with Gasteiger partial charge < -0.3 is 5.11 Å². The molecule has 0 bridgehead atoms. The molecule has 4 heteroatoms. The van der Waals surface area contributed by atoms with E-state index < -0.39 is 11.9 Å². The van der Waals surface area contributed by atoms with Crippen LogP contribution < -0.4 is 0 Å². The van der Waals surface area contributed by atoms with Crippen molar-refractivity contribution in [2.45, 2.75) is 38.6 Å². The highest BCUT2D eigenvalue weighted by Crippen LogP contribution is 2.35. The molecule has 0 aromatic carbocycles. The van der Waals surface area contributed by atoms with Gasteiger partial charge >= 0.3 is 5.97 Å². The van der Waals surface area contributed by atoms with Gasteiger partial charge in [-0.3, -0.25) is 9.48 Å². The second-order valence-corrected chi connectivity index (χ2v) is 4.54. The Morgan fingerprint density at radius 2 is 2.27 bits per heavy atom. The van der Waals surface area contributed by atoms with Gasteiger partial charge in [-0.2, -0.15) is 5.10 Å². The maximum absolute atomic E-state index is 11.1. The first-order valence-corrected chi connectivity index (χ1v) is 5.36. The van der Waals surface area contributed by atoms with Crippen molar-refractivity contribution >= 4 is 5.97 Å². The fraction of sp³-hybridized carbons (Fsp3) is 0.636. The third-order valence-electron chi connectivity index (χ3n) is 2.83. The maximum Gasteiger partial charge on any atom is 0.311 e. The van der Waals surface area contributed by atoms with E-state index in [1.807, 2.05) is 24.7 Å². The standard InChI is InChI=1S/C11H16N2O2/c1-7(2)10(11(14)15)8-5-12-13(6-8)9-3-4-9/h5-7,9-10H,3-4H2,1-2H3,(H,14,15). The van der Waals surface area contributed by atoms with Gasteiger partial charge in [-0.15, -0.1) is 0 Å². The van der Waals surface area contributed by atoms with Crippen molar-refractivity contribution in [1.29, 1.82) is 0 Å². The smallest absolute Gasteiger partial charge is 0.311 e. The number of hydrogen-bond acceptors (Lipinski definition) is 2. The van der Waals surface area contributed by atoms with Crippen molar-refractivity contribution in [3.63, 3.8) is 0 Å². The summed E-state index contributed by atoms with van der Waals surface area (Å²) >= 11 is 0. The van der Waals surface area contributed by atoms with E-state index in [2.05, 4.69) is 5.10 Å². The van der Waals surface area contributed by atoms with Crippen LogP contribution >= 0.6 is 0 Å². The van der Waals surface area contributed by atoms with Gasteiger partial charge in [0.2, 0.25) is 0 Å². The molecule has 2 rings (SSSR count). The molecule has 1 aliphatic carbocycles. The molecule has 0 radical (unpaired) electrons. The number of aromatic nitrogens is 2. The summed E-state index contributed by atoms with van der Waals surface area (Å²) in [5.41, 5.74) is 0.824. The summed E-state index contributed by atoms with van der Waals surface area (Å²) in [6.07, 6.45) is 5.91. The highest BCUT2D eigenvalue weighted by molar-refractivity contribution is 5.76. The molecular formula is C11H16N2O2. The lowest BCUT2D eigenvalue weighted by Crippen LogP contribution is -2.16. The van der Waals surface area contributed by atoms with Crippen LogP contribution in [0.5, 0.6) is 0 Å². The second kappa shape index (κ2) is 3.68. The number of aliphatic carboxylic acids is 1. The summed E-state index contributed by atoms with van der Waals surface area (Å²) in [6, 6.07) is 0.514. The molecule has 4 nitrogen and oxygen atoms in total. The Morgan fingerprint density at radius 1 is 1.60 bits per heavy atom. The van der Waals surface area contributed by atoms with Crippen LogP contribution in [0, 0.1) is 5.92 Å². The minimum Gasteiger partial charge on any atom is -0.481 e. The highest BCUT2D eigenvalue weighted by atomic mass is 16.4. The Hall–Kier alpha value is -1.32. The number of carbonyl (C=O) groups is 1. The fourth-order valence-electron chi connectivity index (χ4n) is 1.86. The number of rotatable bonds is 4. The second-order valence-electron chi connectivity index (χ2n) is 4.54. The Bertz CT molecular complexity index is 366. The molecule has 1 unspecified atom stereocenters. The van der Waals surface area contributed by atoms with E-state index in [-0.39, 0.29) is 5.92 Å². The van der Waals surface area contributed by atoms with Crippen LogP contribution in [-0.4, -0.2) is 20.9 Å². The van der Waals surface area contributed by atoms with Gasteiger partial charge in [0.05, 0.1) is 18.2 Å². The highest BCUT2D eigenvalue weighted by Gasteiger charge is 2.28. The molecule has 1 saturated carbocycles. The molecule has 1 N–H and O–H groups in total. The van der Waals surface area contributed by atoms with Crippen LogP contribution in [0.2, 0.25) is 0 Å². The van der Waals surface area contributed by atoms with Crippen molar-refractivity contribution in [2.75, 3.05) is 0 Å². The first kappa shape index (κ1) is 10.2. The zero-order valence-electron chi connectivity index (χ0n) is 9.05. The molecule has 0 amide bonds. The van der Waals surface area contributed by atoms with Crippen molar-refractivity contribution in [3.8, 4) is 0 Å². The number of carboxylic acid groups (broad SMARTS) is 1. The molecule has 1 aliphatic rings. The van der Waals surface area contributed by atoms with Gasteiger partial charge in [0.25, 0.3) is 0 Å².